The molecule has 0 saturated heterocycles. The highest BCUT2D eigenvalue weighted by atomic mass is 16.5. The number of amides is 1. The van der Waals surface area contributed by atoms with Gasteiger partial charge in [0.05, 0.1) is 6.61 Å². The largest absolute Gasteiger partial charge is 0.480 e. The van der Waals surface area contributed by atoms with Crippen LogP contribution in [0, 0.1) is 0 Å². The second-order valence-electron chi connectivity index (χ2n) is 5.15. The lowest BCUT2D eigenvalue weighted by Gasteiger charge is -2.24. The number of benzene rings is 1. The topological polar surface area (TPSA) is 66.8 Å². The molecule has 0 unspecified atom stereocenters. The van der Waals surface area contributed by atoms with Crippen molar-refractivity contribution in [2.75, 3.05) is 13.2 Å². The lowest BCUT2D eigenvalue weighted by molar-refractivity contribution is -0.145. The van der Waals surface area contributed by atoms with Crippen LogP contribution in [-0.2, 0) is 20.9 Å². The lowest BCUT2D eigenvalue weighted by Crippen LogP contribution is -2.40. The molecule has 0 aliphatic rings. The third-order valence-electron chi connectivity index (χ3n) is 3.04. The molecule has 1 rings (SSSR count). The van der Waals surface area contributed by atoms with Gasteiger partial charge in [0.2, 0.25) is 5.91 Å². The van der Waals surface area contributed by atoms with Gasteiger partial charge < -0.3 is 14.7 Å². The van der Waals surface area contributed by atoms with Gasteiger partial charge in [0.25, 0.3) is 0 Å². The summed E-state index contributed by atoms with van der Waals surface area (Å²) >= 11 is 0. The number of rotatable bonds is 9. The maximum atomic E-state index is 12.0. The van der Waals surface area contributed by atoms with Gasteiger partial charge in [-0.25, -0.2) is 0 Å². The summed E-state index contributed by atoms with van der Waals surface area (Å²) in [7, 11) is 0. The van der Waals surface area contributed by atoms with E-state index in [1.54, 1.807) is 0 Å². The van der Waals surface area contributed by atoms with Crippen molar-refractivity contribution in [1.82, 2.24) is 4.90 Å². The summed E-state index contributed by atoms with van der Waals surface area (Å²) in [6.45, 7) is 4.39. The number of carbonyl (C=O) groups is 2. The molecular formula is C16H23NO4. The molecule has 0 aliphatic carbocycles. The zero-order chi connectivity index (χ0) is 15.7. The SMILES string of the molecule is CC(C)N(CC(=O)O)C(=O)CCCOCc1ccccc1. The van der Waals surface area contributed by atoms with E-state index in [0.29, 0.717) is 26.1 Å². The van der Waals surface area contributed by atoms with Crippen LogP contribution >= 0.6 is 0 Å². The first kappa shape index (κ1) is 17.2. The molecule has 0 radical (unpaired) electrons. The van der Waals surface area contributed by atoms with Gasteiger partial charge in [-0.05, 0) is 25.8 Å². The number of nitrogens with zero attached hydrogens (tertiary/aromatic N) is 1. The average Bonchev–Trinajstić information content (AvgIpc) is 2.44. The summed E-state index contributed by atoms with van der Waals surface area (Å²) in [5.41, 5.74) is 1.10. The summed E-state index contributed by atoms with van der Waals surface area (Å²) in [6, 6.07) is 9.71. The van der Waals surface area contributed by atoms with Crippen LogP contribution in [0.2, 0.25) is 0 Å². The summed E-state index contributed by atoms with van der Waals surface area (Å²) in [5.74, 6) is -1.13. The van der Waals surface area contributed by atoms with E-state index in [9.17, 15) is 9.59 Å². The smallest absolute Gasteiger partial charge is 0.323 e. The Kier molecular flexibility index (Phi) is 7.46. The summed E-state index contributed by atoms with van der Waals surface area (Å²) in [6.07, 6.45) is 0.898. The van der Waals surface area contributed by atoms with Crippen molar-refractivity contribution in [3.8, 4) is 0 Å². The minimum Gasteiger partial charge on any atom is -0.480 e. The van der Waals surface area contributed by atoms with Crippen LogP contribution in [0.4, 0.5) is 0 Å². The number of carboxylic acid groups (broad SMARTS) is 1. The quantitative estimate of drug-likeness (QED) is 0.709. The number of ether oxygens (including phenoxy) is 1. The lowest BCUT2D eigenvalue weighted by atomic mass is 10.2. The Morgan fingerprint density at radius 3 is 2.48 bits per heavy atom. The molecule has 0 atom stereocenters. The normalized spacial score (nSPS) is 10.6. The summed E-state index contributed by atoms with van der Waals surface area (Å²) in [5, 5.41) is 8.80. The fourth-order valence-corrected chi connectivity index (χ4v) is 1.94. The molecule has 0 heterocycles. The first-order chi connectivity index (χ1) is 10.0. The van der Waals surface area contributed by atoms with E-state index in [1.165, 1.54) is 4.90 Å². The Hall–Kier alpha value is -1.88. The van der Waals surface area contributed by atoms with Crippen molar-refractivity contribution < 1.29 is 19.4 Å². The molecule has 5 heteroatoms. The van der Waals surface area contributed by atoms with E-state index in [1.807, 2.05) is 44.2 Å². The van der Waals surface area contributed by atoms with E-state index in [-0.39, 0.29) is 18.5 Å². The Balaban J connectivity index is 2.24. The van der Waals surface area contributed by atoms with Crippen LogP contribution in [0.3, 0.4) is 0 Å². The van der Waals surface area contributed by atoms with Crippen molar-refractivity contribution in [2.45, 2.75) is 39.3 Å². The van der Waals surface area contributed by atoms with Gasteiger partial charge in [-0.15, -0.1) is 0 Å². The van der Waals surface area contributed by atoms with Gasteiger partial charge in [0.1, 0.15) is 6.54 Å². The van der Waals surface area contributed by atoms with Crippen LogP contribution < -0.4 is 0 Å². The van der Waals surface area contributed by atoms with Crippen LogP contribution in [-0.4, -0.2) is 41.1 Å². The van der Waals surface area contributed by atoms with Crippen molar-refractivity contribution >= 4 is 11.9 Å². The van der Waals surface area contributed by atoms with Crippen molar-refractivity contribution in [2.24, 2.45) is 0 Å². The van der Waals surface area contributed by atoms with Crippen LogP contribution in [0.15, 0.2) is 30.3 Å². The first-order valence-electron chi connectivity index (χ1n) is 7.13. The summed E-state index contributed by atoms with van der Waals surface area (Å²) < 4.78 is 5.50. The van der Waals surface area contributed by atoms with E-state index < -0.39 is 5.97 Å². The maximum Gasteiger partial charge on any atom is 0.323 e. The average molecular weight is 293 g/mol. The molecule has 21 heavy (non-hydrogen) atoms. The molecule has 1 aromatic carbocycles. The molecule has 0 aromatic heterocycles. The highest BCUT2D eigenvalue weighted by molar-refractivity contribution is 5.81. The second-order valence-corrected chi connectivity index (χ2v) is 5.15. The van der Waals surface area contributed by atoms with Crippen molar-refractivity contribution in [3.05, 3.63) is 35.9 Å². The fourth-order valence-electron chi connectivity index (χ4n) is 1.94. The van der Waals surface area contributed by atoms with E-state index in [4.69, 9.17) is 9.84 Å². The van der Waals surface area contributed by atoms with Crippen LogP contribution in [0.5, 0.6) is 0 Å². The van der Waals surface area contributed by atoms with Gasteiger partial charge >= 0.3 is 5.97 Å². The molecule has 1 amide bonds. The van der Waals surface area contributed by atoms with E-state index in [2.05, 4.69) is 0 Å². The minimum atomic E-state index is -0.989. The monoisotopic (exact) mass is 293 g/mol. The van der Waals surface area contributed by atoms with E-state index in [0.717, 1.165) is 5.56 Å². The summed E-state index contributed by atoms with van der Waals surface area (Å²) in [4.78, 5) is 24.1. The third-order valence-corrected chi connectivity index (χ3v) is 3.04. The van der Waals surface area contributed by atoms with Gasteiger partial charge in [-0.3, -0.25) is 9.59 Å². The Bertz CT molecular complexity index is 445. The molecule has 116 valence electrons. The molecule has 1 aromatic rings. The van der Waals surface area contributed by atoms with Gasteiger partial charge in [0, 0.05) is 19.1 Å². The van der Waals surface area contributed by atoms with Crippen LogP contribution in [0.1, 0.15) is 32.3 Å². The number of aliphatic carboxylic acids is 1. The van der Waals surface area contributed by atoms with Crippen molar-refractivity contribution in [1.29, 1.82) is 0 Å². The van der Waals surface area contributed by atoms with Crippen LogP contribution in [0.25, 0.3) is 0 Å². The van der Waals surface area contributed by atoms with Gasteiger partial charge in [-0.1, -0.05) is 30.3 Å². The molecule has 5 nitrogen and oxygen atoms in total. The predicted octanol–water partition coefficient (Wildman–Crippen LogP) is 2.30. The number of hydrogen-bond donors (Lipinski definition) is 1. The zero-order valence-electron chi connectivity index (χ0n) is 12.6. The highest BCUT2D eigenvalue weighted by Crippen LogP contribution is 2.05. The molecule has 0 spiro atoms. The molecule has 1 N–H and O–H groups in total. The Morgan fingerprint density at radius 2 is 1.90 bits per heavy atom. The van der Waals surface area contributed by atoms with Gasteiger partial charge in [0.15, 0.2) is 0 Å². The number of carbonyl (C=O) groups excluding carboxylic acids is 1. The third kappa shape index (κ3) is 6.90. The number of carboxylic acids is 1. The standard InChI is InChI=1S/C16H23NO4/c1-13(2)17(11-16(19)20)15(18)9-6-10-21-12-14-7-4-3-5-8-14/h3-5,7-8,13H,6,9-12H2,1-2H3,(H,19,20). The maximum absolute atomic E-state index is 12.0. The number of hydrogen-bond acceptors (Lipinski definition) is 3. The first-order valence-corrected chi connectivity index (χ1v) is 7.13. The Labute approximate surface area is 125 Å². The van der Waals surface area contributed by atoms with E-state index >= 15 is 0 Å². The van der Waals surface area contributed by atoms with Gasteiger partial charge in [-0.2, -0.15) is 0 Å². The molecule has 0 fully saturated rings. The minimum absolute atomic E-state index is 0.112. The fraction of sp³-hybridized carbons (Fsp3) is 0.500. The Morgan fingerprint density at radius 1 is 1.24 bits per heavy atom. The predicted molar refractivity (Wildman–Crippen MR) is 79.8 cm³/mol. The molecular weight excluding hydrogens is 270 g/mol. The molecule has 0 saturated carbocycles. The second kappa shape index (κ2) is 9.13. The molecule has 0 aliphatic heterocycles. The van der Waals surface area contributed by atoms with Crippen molar-refractivity contribution in [3.63, 3.8) is 0 Å². The highest BCUT2D eigenvalue weighted by Gasteiger charge is 2.19. The molecule has 0 bridgehead atoms. The zero-order valence-corrected chi connectivity index (χ0v) is 12.6.